The van der Waals surface area contributed by atoms with Gasteiger partial charge in [-0.15, -0.1) is 0 Å². The quantitative estimate of drug-likeness (QED) is 0.855. The zero-order chi connectivity index (χ0) is 13.8. The smallest absolute Gasteiger partial charge is 0.317 e. The average Bonchev–Trinajstić information content (AvgIpc) is 2.71. The Kier molecular flexibility index (Phi) is 5.19. The number of hydrogen-bond donors (Lipinski definition) is 1. The van der Waals surface area contributed by atoms with E-state index in [2.05, 4.69) is 10.4 Å². The first kappa shape index (κ1) is 15.0. The molecule has 0 saturated carbocycles. The van der Waals surface area contributed by atoms with Crippen LogP contribution in [-0.2, 0) is 6.42 Å². The van der Waals surface area contributed by atoms with Gasteiger partial charge >= 0.3 is 6.18 Å². The lowest BCUT2D eigenvalue weighted by molar-refractivity contribution is -0.136. The topological polar surface area (TPSA) is 29.9 Å². The van der Waals surface area contributed by atoms with Crippen LogP contribution in [0.3, 0.4) is 0 Å². The van der Waals surface area contributed by atoms with Gasteiger partial charge in [0.15, 0.2) is 0 Å². The largest absolute Gasteiger partial charge is 0.389 e. The molecule has 1 unspecified atom stereocenters. The summed E-state index contributed by atoms with van der Waals surface area (Å²) in [6.07, 6.45) is -2.40. The molecule has 0 saturated heterocycles. The Morgan fingerprint density at radius 1 is 1.39 bits per heavy atom. The molecule has 0 radical (unpaired) electrons. The summed E-state index contributed by atoms with van der Waals surface area (Å²) in [5.41, 5.74) is 0.824. The Hall–Kier alpha value is -1.04. The van der Waals surface area contributed by atoms with E-state index < -0.39 is 12.6 Å². The van der Waals surface area contributed by atoms with Gasteiger partial charge in [0.1, 0.15) is 0 Å². The number of halogens is 3. The molecule has 0 aliphatic carbocycles. The van der Waals surface area contributed by atoms with E-state index in [9.17, 15) is 13.2 Å². The molecule has 1 heterocycles. The summed E-state index contributed by atoms with van der Waals surface area (Å²) >= 11 is 0. The molecule has 3 nitrogen and oxygen atoms in total. The predicted molar refractivity (Wildman–Crippen MR) is 64.5 cm³/mol. The highest BCUT2D eigenvalue weighted by Gasteiger charge is 2.28. The molecule has 1 aromatic heterocycles. The number of nitrogens with one attached hydrogen (secondary N) is 1. The van der Waals surface area contributed by atoms with Gasteiger partial charge in [0.25, 0.3) is 0 Å². The van der Waals surface area contributed by atoms with E-state index in [-0.39, 0.29) is 18.5 Å². The van der Waals surface area contributed by atoms with Gasteiger partial charge in [0, 0.05) is 31.1 Å². The molecule has 6 heteroatoms. The lowest BCUT2D eigenvalue weighted by Crippen LogP contribution is -2.29. The summed E-state index contributed by atoms with van der Waals surface area (Å²) in [4.78, 5) is 0. The zero-order valence-electron chi connectivity index (χ0n) is 11.0. The van der Waals surface area contributed by atoms with Crippen LogP contribution in [0.25, 0.3) is 0 Å². The molecule has 18 heavy (non-hydrogen) atoms. The number of alkyl halides is 3. The molecular formula is C12H20F3N3. The van der Waals surface area contributed by atoms with Gasteiger partial charge in [-0.05, 0) is 33.4 Å². The molecule has 1 rings (SSSR count). The highest BCUT2D eigenvalue weighted by Crippen LogP contribution is 2.23. The third kappa shape index (κ3) is 5.08. The van der Waals surface area contributed by atoms with Crippen LogP contribution in [0, 0.1) is 0 Å². The SMILES string of the molecule is CNC(CCC(F)(F)F)Cc1ccn(C(C)C)n1. The van der Waals surface area contributed by atoms with E-state index in [4.69, 9.17) is 0 Å². The van der Waals surface area contributed by atoms with Crippen molar-refractivity contribution >= 4 is 0 Å². The molecule has 1 atom stereocenters. The van der Waals surface area contributed by atoms with E-state index in [1.807, 2.05) is 30.8 Å². The highest BCUT2D eigenvalue weighted by atomic mass is 19.4. The molecule has 104 valence electrons. The van der Waals surface area contributed by atoms with Gasteiger partial charge in [0.2, 0.25) is 0 Å². The fourth-order valence-electron chi connectivity index (χ4n) is 1.71. The first-order chi connectivity index (χ1) is 8.31. The zero-order valence-corrected chi connectivity index (χ0v) is 11.0. The minimum atomic E-state index is -4.09. The summed E-state index contributed by atoms with van der Waals surface area (Å²) in [5, 5.41) is 7.25. The maximum Gasteiger partial charge on any atom is 0.389 e. The van der Waals surface area contributed by atoms with Gasteiger partial charge in [-0.3, -0.25) is 4.68 Å². The summed E-state index contributed by atoms with van der Waals surface area (Å²) in [6, 6.07) is 1.93. The maximum atomic E-state index is 12.2. The van der Waals surface area contributed by atoms with Crippen LogP contribution >= 0.6 is 0 Å². The Morgan fingerprint density at radius 2 is 2.06 bits per heavy atom. The van der Waals surface area contributed by atoms with Gasteiger partial charge in [0.05, 0.1) is 5.69 Å². The van der Waals surface area contributed by atoms with Gasteiger partial charge in [-0.25, -0.2) is 0 Å². The second-order valence-corrected chi connectivity index (χ2v) is 4.72. The van der Waals surface area contributed by atoms with Crippen LogP contribution < -0.4 is 5.32 Å². The molecular weight excluding hydrogens is 243 g/mol. The van der Waals surface area contributed by atoms with Crippen LogP contribution in [0.2, 0.25) is 0 Å². The maximum absolute atomic E-state index is 12.2. The standard InChI is InChI=1S/C12H20F3N3/c1-9(2)18-7-5-11(17-18)8-10(16-3)4-6-12(13,14)15/h5,7,9-10,16H,4,6,8H2,1-3H3. The van der Waals surface area contributed by atoms with Crippen molar-refractivity contribution in [2.75, 3.05) is 7.05 Å². The lowest BCUT2D eigenvalue weighted by Gasteiger charge is -2.16. The van der Waals surface area contributed by atoms with Crippen molar-refractivity contribution in [3.63, 3.8) is 0 Å². The molecule has 0 aromatic carbocycles. The molecule has 0 aliphatic rings. The van der Waals surface area contributed by atoms with Crippen LogP contribution in [-0.4, -0.2) is 29.0 Å². The van der Waals surface area contributed by atoms with E-state index in [1.54, 1.807) is 7.05 Å². The molecule has 0 spiro atoms. The fraction of sp³-hybridized carbons (Fsp3) is 0.750. The normalized spacial score (nSPS) is 14.2. The minimum Gasteiger partial charge on any atom is -0.317 e. The van der Waals surface area contributed by atoms with Gasteiger partial charge < -0.3 is 5.32 Å². The number of rotatable bonds is 6. The Labute approximate surface area is 105 Å². The van der Waals surface area contributed by atoms with Crippen LogP contribution in [0.15, 0.2) is 12.3 Å². The van der Waals surface area contributed by atoms with E-state index in [0.29, 0.717) is 6.42 Å². The second kappa shape index (κ2) is 6.22. The number of nitrogens with zero attached hydrogens (tertiary/aromatic N) is 2. The van der Waals surface area contributed by atoms with Gasteiger partial charge in [-0.2, -0.15) is 18.3 Å². The van der Waals surface area contributed by atoms with Gasteiger partial charge in [-0.1, -0.05) is 0 Å². The number of aromatic nitrogens is 2. The van der Waals surface area contributed by atoms with E-state index in [0.717, 1.165) is 5.69 Å². The molecule has 1 N–H and O–H groups in total. The third-order valence-electron chi connectivity index (χ3n) is 2.83. The summed E-state index contributed by atoms with van der Waals surface area (Å²) in [6.45, 7) is 4.02. The molecule has 0 amide bonds. The summed E-state index contributed by atoms with van der Waals surface area (Å²) in [5.74, 6) is 0. The predicted octanol–water partition coefficient (Wildman–Crippen LogP) is 2.94. The van der Waals surface area contributed by atoms with Crippen molar-refractivity contribution in [2.45, 2.75) is 51.4 Å². The fourth-order valence-corrected chi connectivity index (χ4v) is 1.71. The first-order valence-electron chi connectivity index (χ1n) is 6.10. The Bertz CT molecular complexity index is 358. The Morgan fingerprint density at radius 3 is 2.50 bits per heavy atom. The highest BCUT2D eigenvalue weighted by molar-refractivity contribution is 5.02. The summed E-state index contributed by atoms with van der Waals surface area (Å²) < 4.78 is 38.3. The summed E-state index contributed by atoms with van der Waals surface area (Å²) in [7, 11) is 1.68. The van der Waals surface area contributed by atoms with Crippen molar-refractivity contribution in [1.82, 2.24) is 15.1 Å². The van der Waals surface area contributed by atoms with Crippen LogP contribution in [0.5, 0.6) is 0 Å². The van der Waals surface area contributed by atoms with E-state index >= 15 is 0 Å². The third-order valence-corrected chi connectivity index (χ3v) is 2.83. The van der Waals surface area contributed by atoms with Crippen molar-refractivity contribution in [2.24, 2.45) is 0 Å². The lowest BCUT2D eigenvalue weighted by atomic mass is 10.1. The van der Waals surface area contributed by atoms with Crippen molar-refractivity contribution in [1.29, 1.82) is 0 Å². The van der Waals surface area contributed by atoms with Crippen LogP contribution in [0.4, 0.5) is 13.2 Å². The molecule has 0 aliphatic heterocycles. The number of likely N-dealkylation sites (N-methyl/N-ethyl adjacent to an activating group) is 1. The average molecular weight is 263 g/mol. The molecule has 1 aromatic rings. The van der Waals surface area contributed by atoms with Crippen LogP contribution in [0.1, 0.15) is 38.4 Å². The van der Waals surface area contributed by atoms with Crippen molar-refractivity contribution in [3.8, 4) is 0 Å². The minimum absolute atomic E-state index is 0.0779. The second-order valence-electron chi connectivity index (χ2n) is 4.72. The molecule has 0 bridgehead atoms. The number of hydrogen-bond acceptors (Lipinski definition) is 2. The van der Waals surface area contributed by atoms with Crippen molar-refractivity contribution < 1.29 is 13.2 Å². The Balaban J connectivity index is 2.51. The van der Waals surface area contributed by atoms with Crippen molar-refractivity contribution in [3.05, 3.63) is 18.0 Å². The first-order valence-corrected chi connectivity index (χ1v) is 6.10. The molecule has 0 fully saturated rings. The van der Waals surface area contributed by atoms with E-state index in [1.165, 1.54) is 0 Å². The monoisotopic (exact) mass is 263 g/mol.